The summed E-state index contributed by atoms with van der Waals surface area (Å²) < 4.78 is 42.3. The van der Waals surface area contributed by atoms with E-state index in [-0.39, 0.29) is 81.4 Å². The highest BCUT2D eigenvalue weighted by Gasteiger charge is 2.42. The number of carbonyl (C=O) groups excluding carboxylic acids is 4. The molecule has 2 aliphatic rings. The maximum Gasteiger partial charge on any atom is 0.248 e. The lowest BCUT2D eigenvalue weighted by molar-refractivity contribution is -0.147. The maximum atomic E-state index is 14.1. The molecule has 4 amide bonds. The van der Waals surface area contributed by atoms with Crippen LogP contribution in [0.15, 0.2) is 77.6 Å². The number of nitriles is 1. The van der Waals surface area contributed by atoms with Gasteiger partial charge in [-0.3, -0.25) is 19.2 Å². The quantitative estimate of drug-likeness (QED) is 0.0959. The molecule has 4 atom stereocenters. The highest BCUT2D eigenvalue weighted by molar-refractivity contribution is 7.10. The molecular weight excluding hydrogens is 879 g/mol. The fraction of sp³-hybridized carbons (Fsp3) is 0.391. The number of nitrogens with zero attached hydrogens (tertiary/aromatic N) is 6. The van der Waals surface area contributed by atoms with Crippen LogP contribution >= 0.6 is 22.7 Å². The van der Waals surface area contributed by atoms with Crippen molar-refractivity contribution in [2.75, 3.05) is 53.2 Å². The van der Waals surface area contributed by atoms with Crippen molar-refractivity contribution in [3.8, 4) is 40.2 Å². The molecule has 2 aliphatic heterocycles. The molecule has 5 aromatic rings. The lowest BCUT2D eigenvalue weighted by Gasteiger charge is -2.44. The lowest BCUT2D eigenvalue weighted by Crippen LogP contribution is -2.56. The van der Waals surface area contributed by atoms with Crippen molar-refractivity contribution in [3.05, 3.63) is 99.0 Å². The fourth-order valence-electron chi connectivity index (χ4n) is 8.17. The minimum absolute atomic E-state index is 0.112. The number of carbonyl (C=O) groups is 4. The Kier molecular flexibility index (Phi) is 16.3. The van der Waals surface area contributed by atoms with E-state index in [1.165, 1.54) is 54.0 Å². The number of methoxy groups -OCH3 is 1. The van der Waals surface area contributed by atoms with Gasteiger partial charge in [-0.15, -0.1) is 22.7 Å². The molecule has 2 fully saturated rings. The molecule has 1 unspecified atom stereocenters. The number of piperidine rings is 2. The van der Waals surface area contributed by atoms with Gasteiger partial charge in [0, 0.05) is 66.9 Å². The number of likely N-dealkylation sites (tertiary alicyclic amines) is 2. The molecule has 0 saturated carbocycles. The summed E-state index contributed by atoms with van der Waals surface area (Å²) in [5.74, 6) is -2.26. The summed E-state index contributed by atoms with van der Waals surface area (Å²) in [5, 5.41) is 20.3. The van der Waals surface area contributed by atoms with E-state index in [1.807, 2.05) is 22.9 Å². The second kappa shape index (κ2) is 22.6. The molecule has 2 aromatic carbocycles. The number of ether oxygens (including phenoxy) is 3. The molecule has 65 heavy (non-hydrogen) atoms. The van der Waals surface area contributed by atoms with E-state index in [1.54, 1.807) is 40.3 Å². The van der Waals surface area contributed by atoms with Crippen molar-refractivity contribution < 1.29 is 42.2 Å². The number of thiazole rings is 2. The van der Waals surface area contributed by atoms with Crippen molar-refractivity contribution in [2.45, 2.75) is 44.8 Å². The van der Waals surface area contributed by atoms with Gasteiger partial charge in [0.25, 0.3) is 0 Å². The van der Waals surface area contributed by atoms with Crippen LogP contribution in [0.25, 0.3) is 22.5 Å². The van der Waals surface area contributed by atoms with E-state index in [2.05, 4.69) is 26.7 Å². The summed E-state index contributed by atoms with van der Waals surface area (Å²) in [6.45, 7) is -0.390. The number of nitrogens with one attached hydrogen (secondary N) is 2. The van der Waals surface area contributed by atoms with Gasteiger partial charge in [-0.1, -0.05) is 12.1 Å². The number of pyridine rings is 1. The van der Waals surface area contributed by atoms with Gasteiger partial charge in [-0.25, -0.2) is 23.7 Å². The molecule has 0 bridgehead atoms. The second-order valence-electron chi connectivity index (χ2n) is 15.7. The van der Waals surface area contributed by atoms with Gasteiger partial charge in [0.1, 0.15) is 41.5 Å². The Morgan fingerprint density at radius 2 is 1.57 bits per heavy atom. The molecule has 15 nitrogen and oxygen atoms in total. The Balaban J connectivity index is 1.01. The normalized spacial score (nSPS) is 18.4. The van der Waals surface area contributed by atoms with Crippen molar-refractivity contribution >= 4 is 46.3 Å². The van der Waals surface area contributed by atoms with Gasteiger partial charge in [-0.05, 0) is 74.1 Å². The summed E-state index contributed by atoms with van der Waals surface area (Å²) >= 11 is 2.77. The zero-order valence-corrected chi connectivity index (χ0v) is 37.3. The van der Waals surface area contributed by atoms with Crippen LogP contribution in [0.1, 0.15) is 41.3 Å². The Morgan fingerprint density at radius 3 is 2.23 bits per heavy atom. The van der Waals surface area contributed by atoms with Gasteiger partial charge >= 0.3 is 0 Å². The monoisotopic (exact) mass is 926 g/mol. The standard InChI is InChI=1S/C46H48F2N8O7S2/c1-61-25-44(58)56-15-2-3-36(46(60)52-22-42-53-37(27-64-42)31-6-4-29(19-49)5-7-31)39(56)18-30-17-33(24-55(23-30)43(57)26-62-16-14-47)45(59)51-21-41-54-38(28-65-41)32-8-13-40(50-20-32)63-35-11-9-34(48)10-12-35/h4-13,20,27-28,30,33,36,39H,2-3,14-18,21-26H2,1H3,(H,51,59)(H,52,60)/t30?,33-,36-,39+/m0/s1. The first-order valence-electron chi connectivity index (χ1n) is 21.1. The number of halogens is 2. The number of aromatic nitrogens is 3. The first kappa shape index (κ1) is 46.8. The Bertz CT molecular complexity index is 2450. The molecule has 0 radical (unpaired) electrons. The third-order valence-electron chi connectivity index (χ3n) is 11.3. The SMILES string of the molecule is COCC(=O)N1CCC[C@H](C(=O)NCc2nc(-c3ccc(C#N)cc3)cs2)[C@H]1CC1C[C@H](C(=O)NCc2nc(-c3ccc(Oc4ccc(F)cc4)nc3)cs2)CN(C(=O)COCCF)C1. The van der Waals surface area contributed by atoms with Gasteiger partial charge in [0.05, 0.1) is 54.6 Å². The smallest absolute Gasteiger partial charge is 0.248 e. The molecule has 5 heterocycles. The number of benzene rings is 2. The third kappa shape index (κ3) is 12.5. The first-order chi connectivity index (χ1) is 31.6. The molecule has 0 spiro atoms. The van der Waals surface area contributed by atoms with Crippen LogP contribution in [-0.2, 0) is 41.7 Å². The minimum atomic E-state index is -0.746. The fourth-order valence-corrected chi connectivity index (χ4v) is 9.65. The number of rotatable bonds is 18. The molecular formula is C46H48F2N8O7S2. The summed E-state index contributed by atoms with van der Waals surface area (Å²) in [4.78, 5) is 71.9. The molecule has 340 valence electrons. The van der Waals surface area contributed by atoms with Crippen molar-refractivity contribution in [2.24, 2.45) is 17.8 Å². The predicted octanol–water partition coefficient (Wildman–Crippen LogP) is 6.16. The van der Waals surface area contributed by atoms with Crippen molar-refractivity contribution in [1.82, 2.24) is 35.4 Å². The van der Waals surface area contributed by atoms with Gasteiger partial charge in [0.15, 0.2) is 0 Å². The van der Waals surface area contributed by atoms with E-state index in [0.29, 0.717) is 65.1 Å². The van der Waals surface area contributed by atoms with Crippen LogP contribution in [0.2, 0.25) is 0 Å². The zero-order chi connectivity index (χ0) is 45.7. The van der Waals surface area contributed by atoms with Crippen LogP contribution in [-0.4, -0.2) is 108 Å². The molecule has 0 aliphatic carbocycles. The van der Waals surface area contributed by atoms with Gasteiger partial charge in [-0.2, -0.15) is 5.26 Å². The molecule has 3 aromatic heterocycles. The van der Waals surface area contributed by atoms with Crippen LogP contribution in [0.5, 0.6) is 11.6 Å². The Hall–Kier alpha value is -6.20. The zero-order valence-electron chi connectivity index (χ0n) is 35.6. The van der Waals surface area contributed by atoms with Crippen LogP contribution in [0, 0.1) is 34.9 Å². The van der Waals surface area contributed by atoms with Crippen LogP contribution in [0.4, 0.5) is 8.78 Å². The minimum Gasteiger partial charge on any atom is -0.439 e. The summed E-state index contributed by atoms with van der Waals surface area (Å²) in [7, 11) is 1.44. The highest BCUT2D eigenvalue weighted by atomic mass is 32.1. The third-order valence-corrected chi connectivity index (χ3v) is 13.0. The Labute approximate surface area is 382 Å². The van der Waals surface area contributed by atoms with Crippen molar-refractivity contribution in [1.29, 1.82) is 5.26 Å². The number of hydrogen-bond donors (Lipinski definition) is 2. The molecule has 19 heteroatoms. The van der Waals surface area contributed by atoms with E-state index in [0.717, 1.165) is 16.8 Å². The van der Waals surface area contributed by atoms with Crippen LogP contribution in [0.3, 0.4) is 0 Å². The number of hydrogen-bond acceptors (Lipinski definition) is 13. The largest absolute Gasteiger partial charge is 0.439 e. The van der Waals surface area contributed by atoms with Crippen molar-refractivity contribution in [3.63, 3.8) is 0 Å². The summed E-state index contributed by atoms with van der Waals surface area (Å²) in [5.41, 5.74) is 3.51. The first-order valence-corrected chi connectivity index (χ1v) is 22.9. The van der Waals surface area contributed by atoms with Gasteiger partial charge in [0.2, 0.25) is 29.5 Å². The van der Waals surface area contributed by atoms with Crippen LogP contribution < -0.4 is 15.4 Å². The summed E-state index contributed by atoms with van der Waals surface area (Å²) in [6.07, 6.45) is 3.46. The van der Waals surface area contributed by atoms with E-state index < -0.39 is 24.6 Å². The average molecular weight is 927 g/mol. The maximum absolute atomic E-state index is 14.1. The van der Waals surface area contributed by atoms with Gasteiger partial charge < -0.3 is 34.6 Å². The average Bonchev–Trinajstić information content (AvgIpc) is 4.02. The number of amides is 4. The summed E-state index contributed by atoms with van der Waals surface area (Å²) in [6, 6.07) is 17.8. The lowest BCUT2D eigenvalue weighted by atomic mass is 9.78. The van der Waals surface area contributed by atoms with E-state index in [4.69, 9.17) is 24.5 Å². The highest BCUT2D eigenvalue weighted by Crippen LogP contribution is 2.34. The molecule has 2 saturated heterocycles. The second-order valence-corrected chi connectivity index (χ2v) is 17.6. The predicted molar refractivity (Wildman–Crippen MR) is 237 cm³/mol. The Morgan fingerprint density at radius 1 is 0.877 bits per heavy atom. The van der Waals surface area contributed by atoms with E-state index in [9.17, 15) is 28.0 Å². The number of alkyl halides is 1. The topological polar surface area (TPSA) is 189 Å². The molecule has 7 rings (SSSR count). The van der Waals surface area contributed by atoms with E-state index >= 15 is 0 Å². The molecule has 2 N–H and O–H groups in total.